The van der Waals surface area contributed by atoms with Gasteiger partial charge in [0.2, 0.25) is 0 Å². The predicted molar refractivity (Wildman–Crippen MR) is 86.0 cm³/mol. The summed E-state index contributed by atoms with van der Waals surface area (Å²) < 4.78 is 23.8. The molecule has 0 fully saturated rings. The van der Waals surface area contributed by atoms with Crippen LogP contribution < -0.4 is 10.1 Å². The van der Waals surface area contributed by atoms with Crippen molar-refractivity contribution in [3.63, 3.8) is 0 Å². The van der Waals surface area contributed by atoms with Crippen LogP contribution in [0.5, 0.6) is 5.75 Å². The van der Waals surface area contributed by atoms with Crippen LogP contribution in [0.3, 0.4) is 0 Å². The summed E-state index contributed by atoms with van der Waals surface area (Å²) in [6.45, 7) is -0.336. The molecule has 120 valence electrons. The summed E-state index contributed by atoms with van der Waals surface area (Å²) in [6, 6.07) is 10.5. The zero-order valence-corrected chi connectivity index (χ0v) is 13.7. The second-order valence-electron chi connectivity index (χ2n) is 4.48. The van der Waals surface area contributed by atoms with Gasteiger partial charge in [0.25, 0.3) is 5.91 Å². The largest absolute Gasteiger partial charge is 0.481 e. The zero-order chi connectivity index (χ0) is 16.8. The summed E-state index contributed by atoms with van der Waals surface area (Å²) in [7, 11) is 1.29. The van der Waals surface area contributed by atoms with Gasteiger partial charge in [0.05, 0.1) is 12.7 Å². The summed E-state index contributed by atoms with van der Waals surface area (Å²) in [5.74, 6) is -1.48. The lowest BCUT2D eigenvalue weighted by atomic mass is 10.2. The topological polar surface area (TPSA) is 64.6 Å². The number of esters is 1. The van der Waals surface area contributed by atoms with E-state index in [4.69, 9.17) is 4.74 Å². The normalized spacial score (nSPS) is 10.0. The van der Waals surface area contributed by atoms with Gasteiger partial charge in [0.1, 0.15) is 0 Å². The van der Waals surface area contributed by atoms with Crippen LogP contribution in [-0.2, 0) is 9.53 Å². The monoisotopic (exact) mass is 381 g/mol. The van der Waals surface area contributed by atoms with Gasteiger partial charge in [-0.2, -0.15) is 0 Å². The molecule has 0 saturated carbocycles. The van der Waals surface area contributed by atoms with Crippen molar-refractivity contribution >= 4 is 33.5 Å². The lowest BCUT2D eigenvalue weighted by Gasteiger charge is -2.09. The van der Waals surface area contributed by atoms with E-state index in [0.29, 0.717) is 15.7 Å². The van der Waals surface area contributed by atoms with Gasteiger partial charge in [0, 0.05) is 10.2 Å². The van der Waals surface area contributed by atoms with Crippen molar-refractivity contribution in [2.24, 2.45) is 0 Å². The molecule has 0 bridgehead atoms. The van der Waals surface area contributed by atoms with E-state index < -0.39 is 17.7 Å². The van der Waals surface area contributed by atoms with Crippen LogP contribution in [0.1, 0.15) is 10.4 Å². The molecule has 0 radical (unpaired) electrons. The number of benzene rings is 2. The maximum atomic E-state index is 13.6. The Kier molecular flexibility index (Phi) is 5.70. The Morgan fingerprint density at radius 3 is 2.48 bits per heavy atom. The van der Waals surface area contributed by atoms with Gasteiger partial charge in [0.15, 0.2) is 18.2 Å². The van der Waals surface area contributed by atoms with Crippen molar-refractivity contribution in [2.75, 3.05) is 19.0 Å². The number of ether oxygens (including phenoxy) is 2. The highest BCUT2D eigenvalue weighted by Crippen LogP contribution is 2.21. The van der Waals surface area contributed by atoms with Crippen LogP contribution in [-0.4, -0.2) is 25.6 Å². The fraction of sp³-hybridized carbons (Fsp3) is 0.125. The highest BCUT2D eigenvalue weighted by atomic mass is 79.9. The molecule has 0 saturated heterocycles. The molecule has 2 aromatic carbocycles. The molecule has 0 spiro atoms. The van der Waals surface area contributed by atoms with E-state index in [2.05, 4.69) is 26.0 Å². The minimum absolute atomic E-state index is 0.00982. The molecule has 0 atom stereocenters. The van der Waals surface area contributed by atoms with Crippen molar-refractivity contribution in [2.45, 2.75) is 0 Å². The van der Waals surface area contributed by atoms with Gasteiger partial charge in [-0.15, -0.1) is 0 Å². The highest BCUT2D eigenvalue weighted by molar-refractivity contribution is 9.10. The van der Waals surface area contributed by atoms with Crippen LogP contribution in [0.15, 0.2) is 46.9 Å². The molecule has 0 unspecified atom stereocenters. The van der Waals surface area contributed by atoms with Gasteiger partial charge in [-0.25, -0.2) is 9.18 Å². The van der Waals surface area contributed by atoms with Gasteiger partial charge in [-0.1, -0.05) is 15.9 Å². The second-order valence-corrected chi connectivity index (χ2v) is 5.40. The van der Waals surface area contributed by atoms with E-state index in [1.807, 2.05) is 0 Å². The average Bonchev–Trinajstić information content (AvgIpc) is 2.54. The molecule has 2 rings (SSSR count). The van der Waals surface area contributed by atoms with Gasteiger partial charge < -0.3 is 14.8 Å². The van der Waals surface area contributed by atoms with Crippen molar-refractivity contribution in [1.29, 1.82) is 0 Å². The first kappa shape index (κ1) is 17.0. The second kappa shape index (κ2) is 7.73. The number of carbonyl (C=O) groups excluding carboxylic acids is 2. The number of anilines is 1. The molecule has 1 N–H and O–H groups in total. The first-order chi connectivity index (χ1) is 11.0. The van der Waals surface area contributed by atoms with Gasteiger partial charge >= 0.3 is 5.97 Å². The van der Waals surface area contributed by atoms with Crippen LogP contribution in [0.2, 0.25) is 0 Å². The summed E-state index contributed by atoms with van der Waals surface area (Å²) >= 11 is 3.13. The van der Waals surface area contributed by atoms with Crippen molar-refractivity contribution in [3.05, 3.63) is 58.3 Å². The Balaban J connectivity index is 1.90. The van der Waals surface area contributed by atoms with Crippen molar-refractivity contribution in [3.8, 4) is 5.75 Å². The predicted octanol–water partition coefficient (Wildman–Crippen LogP) is 3.39. The molecule has 0 aromatic heterocycles. The van der Waals surface area contributed by atoms with E-state index in [9.17, 15) is 14.0 Å². The number of halogens is 2. The van der Waals surface area contributed by atoms with E-state index in [1.165, 1.54) is 31.4 Å². The Bertz CT molecular complexity index is 719. The highest BCUT2D eigenvalue weighted by Gasteiger charge is 2.09. The third-order valence-corrected chi connectivity index (χ3v) is 3.34. The number of hydrogen-bond donors (Lipinski definition) is 1. The Morgan fingerprint density at radius 1 is 1.17 bits per heavy atom. The summed E-state index contributed by atoms with van der Waals surface area (Å²) in [5.41, 5.74) is 0.862. The number of amides is 1. The van der Waals surface area contributed by atoms with Gasteiger partial charge in [-0.3, -0.25) is 4.79 Å². The van der Waals surface area contributed by atoms with E-state index in [1.54, 1.807) is 18.2 Å². The zero-order valence-electron chi connectivity index (χ0n) is 12.1. The number of methoxy groups -OCH3 is 1. The third kappa shape index (κ3) is 4.79. The molecule has 5 nitrogen and oxygen atoms in total. The van der Waals surface area contributed by atoms with Crippen LogP contribution in [0, 0.1) is 5.82 Å². The molecule has 0 aliphatic rings. The lowest BCUT2D eigenvalue weighted by molar-refractivity contribution is -0.118. The Hall–Kier alpha value is -2.41. The molecular weight excluding hydrogens is 369 g/mol. The number of hydrogen-bond acceptors (Lipinski definition) is 4. The molecule has 0 aliphatic carbocycles. The van der Waals surface area contributed by atoms with Crippen LogP contribution >= 0.6 is 15.9 Å². The lowest BCUT2D eigenvalue weighted by Crippen LogP contribution is -2.20. The van der Waals surface area contributed by atoms with E-state index in [0.717, 1.165) is 0 Å². The smallest absolute Gasteiger partial charge is 0.337 e. The quantitative estimate of drug-likeness (QED) is 0.806. The Labute approximate surface area is 140 Å². The minimum Gasteiger partial charge on any atom is -0.481 e. The standard InChI is InChI=1S/C16H13BrFNO4/c1-22-16(21)10-2-5-12(6-3-10)19-15(20)9-23-14-7-4-11(17)8-13(14)18/h2-8H,9H2,1H3,(H,19,20). The molecule has 2 aromatic rings. The molecule has 23 heavy (non-hydrogen) atoms. The van der Waals surface area contributed by atoms with E-state index >= 15 is 0 Å². The number of carbonyl (C=O) groups is 2. The van der Waals surface area contributed by atoms with Crippen LogP contribution in [0.25, 0.3) is 0 Å². The van der Waals surface area contributed by atoms with Crippen LogP contribution in [0.4, 0.5) is 10.1 Å². The summed E-state index contributed by atoms with van der Waals surface area (Å²) in [5, 5.41) is 2.58. The fourth-order valence-corrected chi connectivity index (χ4v) is 2.07. The molecular formula is C16H13BrFNO4. The third-order valence-electron chi connectivity index (χ3n) is 2.84. The van der Waals surface area contributed by atoms with Crippen molar-refractivity contribution in [1.82, 2.24) is 0 Å². The Morgan fingerprint density at radius 2 is 1.87 bits per heavy atom. The first-order valence-corrected chi connectivity index (χ1v) is 7.35. The van der Waals surface area contributed by atoms with Gasteiger partial charge in [-0.05, 0) is 42.5 Å². The molecule has 0 aliphatic heterocycles. The first-order valence-electron chi connectivity index (χ1n) is 6.55. The summed E-state index contributed by atoms with van der Waals surface area (Å²) in [6.07, 6.45) is 0. The van der Waals surface area contributed by atoms with E-state index in [-0.39, 0.29) is 12.4 Å². The number of nitrogens with one attached hydrogen (secondary N) is 1. The maximum Gasteiger partial charge on any atom is 0.337 e. The number of rotatable bonds is 5. The minimum atomic E-state index is -0.561. The molecule has 1 amide bonds. The molecule has 7 heteroatoms. The SMILES string of the molecule is COC(=O)c1ccc(NC(=O)COc2ccc(Br)cc2F)cc1. The molecule has 0 heterocycles. The van der Waals surface area contributed by atoms with Crippen molar-refractivity contribution < 1.29 is 23.5 Å². The maximum absolute atomic E-state index is 13.6. The fourth-order valence-electron chi connectivity index (χ4n) is 1.74. The summed E-state index contributed by atoms with van der Waals surface area (Å²) in [4.78, 5) is 23.1. The average molecular weight is 382 g/mol.